The molecule has 0 saturated heterocycles. The van der Waals surface area contributed by atoms with Crippen molar-refractivity contribution in [3.8, 4) is 0 Å². The second-order valence-electron chi connectivity index (χ2n) is 6.07. The Morgan fingerprint density at radius 2 is 1.68 bits per heavy atom. The molecular weight excluding hydrogens is 234 g/mol. The van der Waals surface area contributed by atoms with Gasteiger partial charge >= 0.3 is 0 Å². The van der Waals surface area contributed by atoms with Crippen LogP contribution in [-0.4, -0.2) is 17.7 Å². The lowest BCUT2D eigenvalue weighted by Gasteiger charge is -2.25. The average molecular weight is 261 g/mol. The molecule has 0 amide bonds. The van der Waals surface area contributed by atoms with Crippen LogP contribution < -0.4 is 5.32 Å². The van der Waals surface area contributed by atoms with E-state index in [1.807, 2.05) is 0 Å². The van der Waals surface area contributed by atoms with Gasteiger partial charge in [-0.15, -0.1) is 0 Å². The number of aliphatic hydroxyl groups excluding tert-OH is 1. The molecule has 0 aliphatic heterocycles. The van der Waals surface area contributed by atoms with Crippen molar-refractivity contribution in [2.24, 2.45) is 0 Å². The number of hydrogen-bond acceptors (Lipinski definition) is 2. The van der Waals surface area contributed by atoms with E-state index in [1.54, 1.807) is 0 Å². The van der Waals surface area contributed by atoms with Crippen LogP contribution in [0.1, 0.15) is 60.5 Å². The Bertz CT molecular complexity index is 398. The van der Waals surface area contributed by atoms with Crippen LogP contribution in [-0.2, 0) is 0 Å². The Morgan fingerprint density at radius 3 is 2.26 bits per heavy atom. The molecule has 2 nitrogen and oxygen atoms in total. The maximum absolute atomic E-state index is 10.4. The summed E-state index contributed by atoms with van der Waals surface area (Å²) in [7, 11) is 0. The van der Waals surface area contributed by atoms with Gasteiger partial charge in [0.15, 0.2) is 0 Å². The smallest absolute Gasteiger partial charge is 0.0919 e. The number of benzene rings is 1. The summed E-state index contributed by atoms with van der Waals surface area (Å²) < 4.78 is 0. The Labute approximate surface area is 117 Å². The van der Waals surface area contributed by atoms with Gasteiger partial charge in [-0.2, -0.15) is 0 Å². The molecule has 0 bridgehead atoms. The first-order valence-electron chi connectivity index (χ1n) is 7.57. The third-order valence-electron chi connectivity index (χ3n) is 4.28. The number of rotatable bonds is 4. The first-order valence-corrected chi connectivity index (χ1v) is 7.57. The van der Waals surface area contributed by atoms with E-state index in [1.165, 1.54) is 48.8 Å². The largest absolute Gasteiger partial charge is 0.387 e. The fourth-order valence-electron chi connectivity index (χ4n) is 3.40. The zero-order chi connectivity index (χ0) is 13.8. The van der Waals surface area contributed by atoms with Gasteiger partial charge in [0.25, 0.3) is 0 Å². The summed E-state index contributed by atoms with van der Waals surface area (Å²) in [5.74, 6) is 0. The summed E-state index contributed by atoms with van der Waals surface area (Å²) in [4.78, 5) is 0. The predicted octanol–water partition coefficient (Wildman–Crippen LogP) is 3.57. The van der Waals surface area contributed by atoms with E-state index < -0.39 is 0 Å². The lowest BCUT2D eigenvalue weighted by molar-refractivity contribution is 0.164. The van der Waals surface area contributed by atoms with Gasteiger partial charge in [0, 0.05) is 12.6 Å². The molecule has 1 aliphatic carbocycles. The zero-order valence-electron chi connectivity index (χ0n) is 12.5. The second-order valence-corrected chi connectivity index (χ2v) is 6.07. The van der Waals surface area contributed by atoms with Gasteiger partial charge in [0.2, 0.25) is 0 Å². The molecular formula is C17H27NO. The van der Waals surface area contributed by atoms with E-state index in [0.717, 1.165) is 5.56 Å². The van der Waals surface area contributed by atoms with Gasteiger partial charge in [-0.3, -0.25) is 0 Å². The number of aliphatic hydroxyl groups is 1. The van der Waals surface area contributed by atoms with Crippen molar-refractivity contribution in [1.29, 1.82) is 0 Å². The van der Waals surface area contributed by atoms with Crippen LogP contribution in [0.2, 0.25) is 0 Å². The molecule has 1 aliphatic rings. The van der Waals surface area contributed by atoms with Crippen LogP contribution >= 0.6 is 0 Å². The molecule has 0 radical (unpaired) electrons. The van der Waals surface area contributed by atoms with Crippen molar-refractivity contribution in [3.05, 3.63) is 34.4 Å². The summed E-state index contributed by atoms with van der Waals surface area (Å²) in [5.41, 5.74) is 4.78. The Hall–Kier alpha value is -0.860. The fraction of sp³-hybridized carbons (Fsp3) is 0.647. The topological polar surface area (TPSA) is 32.3 Å². The predicted molar refractivity (Wildman–Crippen MR) is 80.5 cm³/mol. The van der Waals surface area contributed by atoms with Gasteiger partial charge in [-0.1, -0.05) is 37.0 Å². The summed E-state index contributed by atoms with van der Waals surface area (Å²) in [5, 5.41) is 14.0. The van der Waals surface area contributed by atoms with Crippen molar-refractivity contribution >= 4 is 0 Å². The van der Waals surface area contributed by atoms with Crippen molar-refractivity contribution in [3.63, 3.8) is 0 Å². The maximum atomic E-state index is 10.4. The second kappa shape index (κ2) is 6.53. The van der Waals surface area contributed by atoms with Gasteiger partial charge in [-0.25, -0.2) is 0 Å². The quantitative estimate of drug-likeness (QED) is 0.868. The minimum Gasteiger partial charge on any atom is -0.387 e. The highest BCUT2D eigenvalue weighted by Gasteiger charge is 2.17. The van der Waals surface area contributed by atoms with Crippen LogP contribution in [0.3, 0.4) is 0 Å². The van der Waals surface area contributed by atoms with Crippen LogP contribution in [0.4, 0.5) is 0 Å². The number of hydrogen-bond donors (Lipinski definition) is 2. The third-order valence-corrected chi connectivity index (χ3v) is 4.28. The van der Waals surface area contributed by atoms with E-state index in [0.29, 0.717) is 12.6 Å². The average Bonchev–Trinajstić information content (AvgIpc) is 2.36. The van der Waals surface area contributed by atoms with E-state index in [4.69, 9.17) is 0 Å². The van der Waals surface area contributed by atoms with Crippen LogP contribution in [0.5, 0.6) is 0 Å². The minimum absolute atomic E-state index is 0.387. The van der Waals surface area contributed by atoms with Gasteiger partial charge in [-0.05, 0) is 50.3 Å². The van der Waals surface area contributed by atoms with Gasteiger partial charge in [0.1, 0.15) is 0 Å². The molecule has 1 saturated carbocycles. The highest BCUT2D eigenvalue weighted by Crippen LogP contribution is 2.24. The minimum atomic E-state index is -0.387. The van der Waals surface area contributed by atoms with E-state index >= 15 is 0 Å². The van der Waals surface area contributed by atoms with Crippen molar-refractivity contribution in [2.75, 3.05) is 6.54 Å². The van der Waals surface area contributed by atoms with Crippen LogP contribution in [0, 0.1) is 20.8 Å². The molecule has 106 valence electrons. The summed E-state index contributed by atoms with van der Waals surface area (Å²) in [6.07, 6.45) is 6.17. The Morgan fingerprint density at radius 1 is 1.11 bits per heavy atom. The number of nitrogens with one attached hydrogen (secondary N) is 1. The monoisotopic (exact) mass is 261 g/mol. The molecule has 2 N–H and O–H groups in total. The molecule has 1 aromatic carbocycles. The number of aryl methyl sites for hydroxylation is 3. The zero-order valence-corrected chi connectivity index (χ0v) is 12.5. The molecule has 1 unspecified atom stereocenters. The van der Waals surface area contributed by atoms with Crippen LogP contribution in [0.15, 0.2) is 12.1 Å². The standard InChI is InChI=1S/C17H27NO/c1-12-9-13(2)17(14(3)10-12)16(19)11-18-15-7-5-4-6-8-15/h9-10,15-16,18-19H,4-8,11H2,1-3H3. The van der Waals surface area contributed by atoms with Crippen molar-refractivity contribution in [2.45, 2.75) is 65.0 Å². The maximum Gasteiger partial charge on any atom is 0.0919 e. The first-order chi connectivity index (χ1) is 9.08. The highest BCUT2D eigenvalue weighted by molar-refractivity contribution is 5.39. The molecule has 0 spiro atoms. The molecule has 1 fully saturated rings. The Balaban J connectivity index is 1.97. The molecule has 0 heterocycles. The van der Waals surface area contributed by atoms with E-state index in [2.05, 4.69) is 38.2 Å². The lowest BCUT2D eigenvalue weighted by Crippen LogP contribution is -2.34. The third kappa shape index (κ3) is 3.80. The molecule has 2 heteroatoms. The summed E-state index contributed by atoms with van der Waals surface area (Å²) in [6, 6.07) is 4.92. The SMILES string of the molecule is Cc1cc(C)c(C(O)CNC2CCCCC2)c(C)c1. The molecule has 1 atom stereocenters. The highest BCUT2D eigenvalue weighted by atomic mass is 16.3. The molecule has 0 aromatic heterocycles. The van der Waals surface area contributed by atoms with Crippen molar-refractivity contribution < 1.29 is 5.11 Å². The summed E-state index contributed by atoms with van der Waals surface area (Å²) in [6.45, 7) is 6.98. The Kier molecular flexibility index (Phi) is 5.00. The summed E-state index contributed by atoms with van der Waals surface area (Å²) >= 11 is 0. The van der Waals surface area contributed by atoms with E-state index in [9.17, 15) is 5.11 Å². The van der Waals surface area contributed by atoms with Crippen molar-refractivity contribution in [1.82, 2.24) is 5.32 Å². The normalized spacial score (nSPS) is 18.5. The molecule has 1 aromatic rings. The fourth-order valence-corrected chi connectivity index (χ4v) is 3.40. The molecule has 19 heavy (non-hydrogen) atoms. The van der Waals surface area contributed by atoms with Gasteiger partial charge in [0.05, 0.1) is 6.10 Å². The van der Waals surface area contributed by atoms with E-state index in [-0.39, 0.29) is 6.10 Å². The first kappa shape index (κ1) is 14.5. The molecule has 2 rings (SSSR count). The lowest BCUT2D eigenvalue weighted by atomic mass is 9.93. The van der Waals surface area contributed by atoms with Crippen LogP contribution in [0.25, 0.3) is 0 Å². The van der Waals surface area contributed by atoms with Gasteiger partial charge < -0.3 is 10.4 Å².